The highest BCUT2D eigenvalue weighted by Gasteiger charge is 2.11. The zero-order chi connectivity index (χ0) is 15.0. The maximum absolute atomic E-state index is 6.21. The van der Waals surface area contributed by atoms with Crippen LogP contribution in [0.25, 0.3) is 11.0 Å². The van der Waals surface area contributed by atoms with Crippen LogP contribution in [-0.2, 0) is 0 Å². The molecule has 3 aromatic rings. The van der Waals surface area contributed by atoms with Gasteiger partial charge in [0.1, 0.15) is 0 Å². The van der Waals surface area contributed by atoms with Crippen molar-refractivity contribution >= 4 is 67.5 Å². The van der Waals surface area contributed by atoms with E-state index in [1.165, 1.54) is 0 Å². The smallest absolute Gasteiger partial charge is 0.174 e. The third-order valence-corrected chi connectivity index (χ3v) is 4.66. The largest absolute Gasteiger partial charge is 0.381 e. The second-order valence-corrected chi connectivity index (χ2v) is 5.90. The lowest BCUT2D eigenvalue weighted by atomic mass is 10.3. The highest BCUT2D eigenvalue weighted by molar-refractivity contribution is 9.10. The molecule has 21 heavy (non-hydrogen) atoms. The molecule has 0 saturated carbocycles. The third kappa shape index (κ3) is 2.77. The van der Waals surface area contributed by atoms with Crippen LogP contribution in [0, 0.1) is 0 Å². The first-order valence-corrected chi connectivity index (χ1v) is 7.54. The summed E-state index contributed by atoms with van der Waals surface area (Å²) < 4.78 is 0.720. The number of benzene rings is 2. The van der Waals surface area contributed by atoms with Gasteiger partial charge in [-0.3, -0.25) is 0 Å². The summed E-state index contributed by atoms with van der Waals surface area (Å²) in [6.45, 7) is 0. The van der Waals surface area contributed by atoms with Crippen molar-refractivity contribution in [3.8, 4) is 0 Å². The fourth-order valence-electron chi connectivity index (χ4n) is 1.86. The molecule has 0 saturated heterocycles. The Balaban J connectivity index is 2.06. The molecule has 0 aliphatic heterocycles. The van der Waals surface area contributed by atoms with Crippen molar-refractivity contribution in [1.29, 1.82) is 0 Å². The molecular formula is C14H9BrCl2N4. The normalized spacial score (nSPS) is 10.8. The van der Waals surface area contributed by atoms with Gasteiger partial charge < -0.3 is 11.1 Å². The number of halogens is 3. The van der Waals surface area contributed by atoms with Crippen molar-refractivity contribution in [2.75, 3.05) is 11.1 Å². The average Bonchev–Trinajstić information content (AvgIpc) is 2.48. The lowest BCUT2D eigenvalue weighted by Crippen LogP contribution is -2.02. The molecule has 0 fully saturated rings. The standard InChI is InChI=1S/C14H9BrCl2N4/c15-7-5-6-10(12(17)11(7)16)21-14-13(18)19-8-3-1-2-4-9(8)20-14/h1-6H,(H2,18,19)(H,20,21). The van der Waals surface area contributed by atoms with Gasteiger partial charge in [0.25, 0.3) is 0 Å². The first-order chi connectivity index (χ1) is 10.1. The molecule has 106 valence electrons. The average molecular weight is 384 g/mol. The number of para-hydroxylation sites is 2. The Morgan fingerprint density at radius 2 is 1.62 bits per heavy atom. The number of anilines is 3. The predicted molar refractivity (Wildman–Crippen MR) is 91.4 cm³/mol. The number of nitrogen functional groups attached to an aromatic ring is 1. The Kier molecular flexibility index (Phi) is 3.89. The zero-order valence-electron chi connectivity index (χ0n) is 10.6. The van der Waals surface area contributed by atoms with Gasteiger partial charge in [-0.25, -0.2) is 9.97 Å². The van der Waals surface area contributed by atoms with Crippen molar-refractivity contribution in [3.05, 3.63) is 50.9 Å². The van der Waals surface area contributed by atoms with E-state index < -0.39 is 0 Å². The highest BCUT2D eigenvalue weighted by atomic mass is 79.9. The fourth-order valence-corrected chi connectivity index (χ4v) is 2.68. The minimum absolute atomic E-state index is 0.295. The molecule has 0 atom stereocenters. The van der Waals surface area contributed by atoms with Crippen molar-refractivity contribution in [2.24, 2.45) is 0 Å². The summed E-state index contributed by atoms with van der Waals surface area (Å²) >= 11 is 15.6. The van der Waals surface area contributed by atoms with E-state index in [1.54, 1.807) is 12.1 Å². The SMILES string of the molecule is Nc1nc2ccccc2nc1Nc1ccc(Br)c(Cl)c1Cl. The monoisotopic (exact) mass is 382 g/mol. The Hall–Kier alpha value is -1.56. The summed E-state index contributed by atoms with van der Waals surface area (Å²) in [5.74, 6) is 0.734. The van der Waals surface area contributed by atoms with E-state index in [4.69, 9.17) is 28.9 Å². The van der Waals surface area contributed by atoms with E-state index in [2.05, 4.69) is 31.2 Å². The molecule has 0 radical (unpaired) electrons. The van der Waals surface area contributed by atoms with Crippen LogP contribution in [0.5, 0.6) is 0 Å². The van der Waals surface area contributed by atoms with Crippen LogP contribution < -0.4 is 11.1 Å². The van der Waals surface area contributed by atoms with E-state index >= 15 is 0 Å². The van der Waals surface area contributed by atoms with E-state index in [0.717, 1.165) is 15.5 Å². The lowest BCUT2D eigenvalue weighted by Gasteiger charge is -2.11. The summed E-state index contributed by atoms with van der Waals surface area (Å²) in [7, 11) is 0. The van der Waals surface area contributed by atoms with Gasteiger partial charge in [-0.05, 0) is 40.2 Å². The van der Waals surface area contributed by atoms with Crippen LogP contribution >= 0.6 is 39.1 Å². The van der Waals surface area contributed by atoms with Gasteiger partial charge in [0.05, 0.1) is 26.8 Å². The van der Waals surface area contributed by atoms with Gasteiger partial charge >= 0.3 is 0 Å². The van der Waals surface area contributed by atoms with Gasteiger partial charge in [0.2, 0.25) is 0 Å². The molecule has 1 aromatic heterocycles. The third-order valence-electron chi connectivity index (χ3n) is 2.89. The molecule has 0 spiro atoms. The first kappa shape index (κ1) is 14.4. The summed E-state index contributed by atoms with van der Waals surface area (Å²) in [6.07, 6.45) is 0. The van der Waals surface area contributed by atoms with Gasteiger partial charge in [-0.1, -0.05) is 35.3 Å². The number of hydrogen-bond donors (Lipinski definition) is 2. The number of hydrogen-bond acceptors (Lipinski definition) is 4. The molecule has 3 N–H and O–H groups in total. The van der Waals surface area contributed by atoms with Crippen molar-refractivity contribution in [3.63, 3.8) is 0 Å². The van der Waals surface area contributed by atoms with Crippen LogP contribution in [0.15, 0.2) is 40.9 Å². The van der Waals surface area contributed by atoms with Crippen molar-refractivity contribution < 1.29 is 0 Å². The molecule has 2 aromatic carbocycles. The fraction of sp³-hybridized carbons (Fsp3) is 0. The zero-order valence-corrected chi connectivity index (χ0v) is 13.7. The minimum Gasteiger partial charge on any atom is -0.381 e. The molecule has 0 unspecified atom stereocenters. The van der Waals surface area contributed by atoms with Gasteiger partial charge in [0, 0.05) is 4.47 Å². The molecular weight excluding hydrogens is 375 g/mol. The second-order valence-electron chi connectivity index (χ2n) is 4.29. The Morgan fingerprint density at radius 3 is 2.33 bits per heavy atom. The summed E-state index contributed by atoms with van der Waals surface area (Å²) in [6, 6.07) is 11.1. The Labute approximate surface area is 139 Å². The number of rotatable bonds is 2. The Morgan fingerprint density at radius 1 is 0.952 bits per heavy atom. The lowest BCUT2D eigenvalue weighted by molar-refractivity contribution is 1.29. The maximum Gasteiger partial charge on any atom is 0.174 e. The van der Waals surface area contributed by atoms with E-state index in [9.17, 15) is 0 Å². The van der Waals surface area contributed by atoms with E-state index in [-0.39, 0.29) is 0 Å². The maximum atomic E-state index is 6.21. The molecule has 0 amide bonds. The van der Waals surface area contributed by atoms with Gasteiger partial charge in [-0.2, -0.15) is 0 Å². The quantitative estimate of drug-likeness (QED) is 0.609. The topological polar surface area (TPSA) is 63.8 Å². The number of nitrogens with zero attached hydrogens (tertiary/aromatic N) is 2. The molecule has 4 nitrogen and oxygen atoms in total. The first-order valence-electron chi connectivity index (χ1n) is 5.99. The van der Waals surface area contributed by atoms with E-state index in [0.29, 0.717) is 27.4 Å². The number of nitrogens with two attached hydrogens (primary N) is 1. The summed E-state index contributed by atoms with van der Waals surface area (Å²) in [5.41, 5.74) is 8.02. The molecule has 1 heterocycles. The minimum atomic E-state index is 0.295. The van der Waals surface area contributed by atoms with E-state index in [1.807, 2.05) is 24.3 Å². The predicted octanol–water partition coefficient (Wildman–Crippen LogP) is 5.02. The van der Waals surface area contributed by atoms with Gasteiger partial charge in [0.15, 0.2) is 11.6 Å². The molecule has 7 heteroatoms. The van der Waals surface area contributed by atoms with Crippen LogP contribution in [-0.4, -0.2) is 9.97 Å². The summed E-state index contributed by atoms with van der Waals surface area (Å²) in [5, 5.41) is 3.88. The van der Waals surface area contributed by atoms with Crippen LogP contribution in [0.3, 0.4) is 0 Å². The molecule has 0 aliphatic carbocycles. The molecule has 0 aliphatic rings. The molecule has 3 rings (SSSR count). The Bertz CT molecular complexity index is 839. The van der Waals surface area contributed by atoms with Gasteiger partial charge in [-0.15, -0.1) is 0 Å². The molecule has 0 bridgehead atoms. The number of aromatic nitrogens is 2. The van der Waals surface area contributed by atoms with Crippen molar-refractivity contribution in [1.82, 2.24) is 9.97 Å². The summed E-state index contributed by atoms with van der Waals surface area (Å²) in [4.78, 5) is 8.76. The number of nitrogens with one attached hydrogen (secondary N) is 1. The van der Waals surface area contributed by atoms with Crippen LogP contribution in [0.2, 0.25) is 10.0 Å². The highest BCUT2D eigenvalue weighted by Crippen LogP contribution is 2.37. The van der Waals surface area contributed by atoms with Crippen LogP contribution in [0.4, 0.5) is 17.3 Å². The second kappa shape index (κ2) is 5.67. The van der Waals surface area contributed by atoms with Crippen molar-refractivity contribution in [2.45, 2.75) is 0 Å². The number of fused-ring (bicyclic) bond motifs is 1. The van der Waals surface area contributed by atoms with Crippen LogP contribution in [0.1, 0.15) is 0 Å².